The number of amides is 3. The predicted molar refractivity (Wildman–Crippen MR) is 109 cm³/mol. The smallest absolute Gasteiger partial charge is 0.318 e. The summed E-state index contributed by atoms with van der Waals surface area (Å²) in [4.78, 5) is 37.1. The lowest BCUT2D eigenvalue weighted by Crippen LogP contribution is -2.52. The summed E-state index contributed by atoms with van der Waals surface area (Å²) >= 11 is 0. The second-order valence-electron chi connectivity index (χ2n) is 7.97. The quantitative estimate of drug-likeness (QED) is 0.337. The number of carbonyl (C=O) groups excluding carboxylic acids is 2. The number of rotatable bonds is 10. The number of nitrogens with zero attached hydrogens (tertiary/aromatic N) is 1. The van der Waals surface area contributed by atoms with E-state index < -0.39 is 23.9 Å². The van der Waals surface area contributed by atoms with Crippen LogP contribution in [0.1, 0.15) is 43.7 Å². The molecule has 1 aliphatic heterocycles. The predicted octanol–water partition coefficient (Wildman–Crippen LogP) is 1.75. The minimum Gasteiger partial charge on any atom is -0.481 e. The summed E-state index contributed by atoms with van der Waals surface area (Å²) < 4.78 is 5.41. The number of nitrogens with one attached hydrogen (secondary N) is 2. The molecule has 166 valence electrons. The van der Waals surface area contributed by atoms with Crippen LogP contribution in [0.3, 0.4) is 0 Å². The van der Waals surface area contributed by atoms with Gasteiger partial charge >= 0.3 is 12.0 Å². The average Bonchev–Trinajstić information content (AvgIpc) is 3.25. The number of carbonyl (C=O) groups is 3. The maximum Gasteiger partial charge on any atom is 0.318 e. The van der Waals surface area contributed by atoms with E-state index >= 15 is 0 Å². The van der Waals surface area contributed by atoms with Gasteiger partial charge in [0.15, 0.2) is 0 Å². The first-order valence-corrected chi connectivity index (χ1v) is 10.2. The monoisotopic (exact) mass is 421 g/mol. The first kappa shape index (κ1) is 23.6. The number of hydrogen-bond acceptors (Lipinski definition) is 5. The van der Waals surface area contributed by atoms with E-state index in [1.807, 2.05) is 38.1 Å². The van der Waals surface area contributed by atoms with Crippen LogP contribution >= 0.6 is 0 Å². The highest BCUT2D eigenvalue weighted by atomic mass is 16.5. The van der Waals surface area contributed by atoms with E-state index in [0.29, 0.717) is 19.1 Å². The van der Waals surface area contributed by atoms with Crippen molar-refractivity contribution in [3.8, 4) is 0 Å². The van der Waals surface area contributed by atoms with Crippen LogP contribution in [0.25, 0.3) is 0 Å². The molecule has 1 aromatic carbocycles. The zero-order chi connectivity index (χ0) is 22.1. The normalized spacial score (nSPS) is 16.9. The molecular weight excluding hydrogens is 390 g/mol. The number of carboxylic acids is 1. The van der Waals surface area contributed by atoms with Gasteiger partial charge in [0, 0.05) is 32.0 Å². The highest BCUT2D eigenvalue weighted by molar-refractivity contribution is 5.86. The first-order valence-electron chi connectivity index (χ1n) is 10.2. The SMILES string of the molecule is CC(C)CN(CCC(=O)O)C(=O)N[C@@H](Cc1ccc(C2CCOC2)cc1)C(=O)NO. The summed E-state index contributed by atoms with van der Waals surface area (Å²) in [6.45, 7) is 5.67. The molecule has 0 aliphatic carbocycles. The average molecular weight is 421 g/mol. The number of hydroxylamine groups is 1. The topological polar surface area (TPSA) is 128 Å². The van der Waals surface area contributed by atoms with E-state index in [1.54, 1.807) is 5.48 Å². The van der Waals surface area contributed by atoms with Crippen LogP contribution in [0.2, 0.25) is 0 Å². The number of hydrogen-bond donors (Lipinski definition) is 4. The van der Waals surface area contributed by atoms with Gasteiger partial charge in [0.2, 0.25) is 0 Å². The molecule has 1 heterocycles. The van der Waals surface area contributed by atoms with Crippen molar-refractivity contribution in [1.82, 2.24) is 15.7 Å². The third-order valence-electron chi connectivity index (χ3n) is 5.01. The molecule has 0 spiro atoms. The fraction of sp³-hybridized carbons (Fsp3) is 0.571. The van der Waals surface area contributed by atoms with Crippen molar-refractivity contribution < 1.29 is 29.4 Å². The van der Waals surface area contributed by atoms with Crippen molar-refractivity contribution in [3.05, 3.63) is 35.4 Å². The Morgan fingerprint density at radius 2 is 1.93 bits per heavy atom. The molecule has 2 rings (SSSR count). The van der Waals surface area contributed by atoms with Crippen molar-refractivity contribution >= 4 is 17.9 Å². The van der Waals surface area contributed by atoms with E-state index in [1.165, 1.54) is 10.5 Å². The largest absolute Gasteiger partial charge is 0.481 e. The molecule has 4 N–H and O–H groups in total. The Morgan fingerprint density at radius 3 is 2.47 bits per heavy atom. The fourth-order valence-electron chi connectivity index (χ4n) is 3.43. The molecular formula is C21H31N3O6. The van der Waals surface area contributed by atoms with Crippen molar-refractivity contribution in [3.63, 3.8) is 0 Å². The van der Waals surface area contributed by atoms with Crippen LogP contribution in [0.5, 0.6) is 0 Å². The van der Waals surface area contributed by atoms with Crippen molar-refractivity contribution in [2.75, 3.05) is 26.3 Å². The van der Waals surface area contributed by atoms with Crippen LogP contribution < -0.4 is 10.8 Å². The third kappa shape index (κ3) is 7.31. The Balaban J connectivity index is 2.05. The first-order chi connectivity index (χ1) is 14.3. The Morgan fingerprint density at radius 1 is 1.23 bits per heavy atom. The van der Waals surface area contributed by atoms with Gasteiger partial charge in [0.05, 0.1) is 13.0 Å². The minimum absolute atomic E-state index is 0.0327. The summed E-state index contributed by atoms with van der Waals surface area (Å²) in [5.41, 5.74) is 3.59. The van der Waals surface area contributed by atoms with E-state index in [-0.39, 0.29) is 25.3 Å². The van der Waals surface area contributed by atoms with Crippen LogP contribution in [-0.4, -0.2) is 65.5 Å². The molecule has 9 heteroatoms. The van der Waals surface area contributed by atoms with Gasteiger partial charge in [-0.25, -0.2) is 10.3 Å². The second kappa shape index (κ2) is 11.5. The number of aliphatic carboxylic acids is 1. The van der Waals surface area contributed by atoms with Crippen molar-refractivity contribution in [1.29, 1.82) is 0 Å². The van der Waals surface area contributed by atoms with Gasteiger partial charge in [-0.1, -0.05) is 38.1 Å². The Bertz CT molecular complexity index is 716. The second-order valence-corrected chi connectivity index (χ2v) is 7.97. The molecule has 0 saturated carbocycles. The molecule has 2 atom stereocenters. The Labute approximate surface area is 176 Å². The Hall–Kier alpha value is -2.65. The summed E-state index contributed by atoms with van der Waals surface area (Å²) in [5, 5.41) is 20.6. The van der Waals surface area contributed by atoms with E-state index in [9.17, 15) is 14.4 Å². The van der Waals surface area contributed by atoms with Crippen molar-refractivity contribution in [2.24, 2.45) is 5.92 Å². The van der Waals surface area contributed by atoms with Gasteiger partial charge in [0.1, 0.15) is 6.04 Å². The summed E-state index contributed by atoms with van der Waals surface area (Å²) in [5.74, 6) is -1.25. The lowest BCUT2D eigenvalue weighted by atomic mass is 9.96. The van der Waals surface area contributed by atoms with Gasteiger partial charge in [-0.15, -0.1) is 0 Å². The number of benzene rings is 1. The van der Waals surface area contributed by atoms with Gasteiger partial charge in [-0.05, 0) is 23.5 Å². The summed E-state index contributed by atoms with van der Waals surface area (Å²) in [6, 6.07) is 6.23. The molecule has 1 saturated heterocycles. The highest BCUT2D eigenvalue weighted by Gasteiger charge is 2.25. The standard InChI is InChI=1S/C21H31N3O6/c1-14(2)12-24(9-7-19(25)26)21(28)22-18(20(27)23-29)11-15-3-5-16(6-4-15)17-8-10-30-13-17/h3-6,14,17-18,29H,7-13H2,1-2H3,(H,22,28)(H,23,27)(H,25,26)/t17?,18-/m0/s1. The number of ether oxygens (including phenoxy) is 1. The lowest BCUT2D eigenvalue weighted by Gasteiger charge is -2.27. The molecule has 0 bridgehead atoms. The summed E-state index contributed by atoms with van der Waals surface area (Å²) in [6.07, 6.45) is 0.977. The van der Waals surface area contributed by atoms with Gasteiger partial charge < -0.3 is 20.1 Å². The van der Waals surface area contributed by atoms with Crippen LogP contribution in [0.15, 0.2) is 24.3 Å². The van der Waals surface area contributed by atoms with E-state index in [2.05, 4.69) is 5.32 Å². The molecule has 1 unspecified atom stereocenters. The number of urea groups is 1. The molecule has 0 aromatic heterocycles. The highest BCUT2D eigenvalue weighted by Crippen LogP contribution is 2.25. The maximum atomic E-state index is 12.7. The zero-order valence-corrected chi connectivity index (χ0v) is 17.5. The van der Waals surface area contributed by atoms with Crippen LogP contribution in [0.4, 0.5) is 4.79 Å². The molecule has 1 fully saturated rings. The molecule has 3 amide bonds. The minimum atomic E-state index is -1.01. The Kier molecular flexibility index (Phi) is 9.07. The van der Waals surface area contributed by atoms with Gasteiger partial charge in [0.25, 0.3) is 5.91 Å². The van der Waals surface area contributed by atoms with Crippen LogP contribution in [0, 0.1) is 5.92 Å². The lowest BCUT2D eigenvalue weighted by molar-refractivity contribution is -0.137. The molecule has 30 heavy (non-hydrogen) atoms. The molecule has 9 nitrogen and oxygen atoms in total. The molecule has 0 radical (unpaired) electrons. The van der Waals surface area contributed by atoms with Crippen LogP contribution in [-0.2, 0) is 20.7 Å². The molecule has 1 aromatic rings. The van der Waals surface area contributed by atoms with Gasteiger partial charge in [-0.3, -0.25) is 14.8 Å². The van der Waals surface area contributed by atoms with E-state index in [0.717, 1.165) is 18.6 Å². The summed E-state index contributed by atoms with van der Waals surface area (Å²) in [7, 11) is 0. The number of carboxylic acid groups (broad SMARTS) is 1. The fourth-order valence-corrected chi connectivity index (χ4v) is 3.43. The van der Waals surface area contributed by atoms with E-state index in [4.69, 9.17) is 15.1 Å². The van der Waals surface area contributed by atoms with Gasteiger partial charge in [-0.2, -0.15) is 0 Å². The van der Waals surface area contributed by atoms with Crippen molar-refractivity contribution in [2.45, 2.75) is 45.1 Å². The molecule has 1 aliphatic rings. The maximum absolute atomic E-state index is 12.7. The third-order valence-corrected chi connectivity index (χ3v) is 5.01. The zero-order valence-electron chi connectivity index (χ0n) is 17.5.